The largest absolute Gasteiger partial charge is 0.439 e. The predicted octanol–water partition coefficient (Wildman–Crippen LogP) is 4.59. The number of nitrogens with one attached hydrogen (secondary N) is 2. The lowest BCUT2D eigenvalue weighted by molar-refractivity contribution is 0.533. The Morgan fingerprint density at radius 2 is 2.17 bits per heavy atom. The molecule has 0 amide bonds. The second-order valence-electron chi connectivity index (χ2n) is 7.44. The number of hydrogen-bond acceptors (Lipinski definition) is 6. The summed E-state index contributed by atoms with van der Waals surface area (Å²) in [6.07, 6.45) is 4.73. The van der Waals surface area contributed by atoms with Crippen molar-refractivity contribution in [3.8, 4) is 17.5 Å². The summed E-state index contributed by atoms with van der Waals surface area (Å²) in [5.74, 6) is 1.26. The number of fused-ring (bicyclic) bond motifs is 2. The van der Waals surface area contributed by atoms with Crippen molar-refractivity contribution in [2.75, 3.05) is 5.32 Å². The zero-order valence-corrected chi connectivity index (χ0v) is 16.3. The molecule has 5 rings (SSSR count). The molecule has 0 saturated heterocycles. The van der Waals surface area contributed by atoms with Crippen molar-refractivity contribution in [1.82, 2.24) is 20.2 Å². The first-order valence-corrected chi connectivity index (χ1v) is 9.70. The molecule has 0 radical (unpaired) electrons. The summed E-state index contributed by atoms with van der Waals surface area (Å²) in [5, 5.41) is 21.4. The minimum atomic E-state index is 0.116. The monoisotopic (exact) mass is 384 g/mol. The van der Waals surface area contributed by atoms with E-state index in [-0.39, 0.29) is 6.04 Å². The number of anilines is 1. The van der Waals surface area contributed by atoms with Crippen molar-refractivity contribution in [3.05, 3.63) is 58.9 Å². The Balaban J connectivity index is 1.50. The van der Waals surface area contributed by atoms with Crippen molar-refractivity contribution in [1.29, 1.82) is 5.26 Å². The van der Waals surface area contributed by atoms with Gasteiger partial charge in [0.2, 0.25) is 0 Å². The average molecular weight is 384 g/mol. The molecule has 2 N–H and O–H groups in total. The zero-order chi connectivity index (χ0) is 20.0. The second kappa shape index (κ2) is 6.74. The Morgan fingerprint density at radius 3 is 2.97 bits per heavy atom. The van der Waals surface area contributed by atoms with Gasteiger partial charge in [0.15, 0.2) is 11.7 Å². The minimum absolute atomic E-state index is 0.116. The molecule has 1 aromatic carbocycles. The molecule has 144 valence electrons. The Kier molecular flexibility index (Phi) is 4.06. The van der Waals surface area contributed by atoms with E-state index >= 15 is 0 Å². The van der Waals surface area contributed by atoms with E-state index in [9.17, 15) is 5.26 Å². The molecular weight excluding hydrogens is 364 g/mol. The van der Waals surface area contributed by atoms with Gasteiger partial charge in [0.05, 0.1) is 34.7 Å². The number of nitrogens with zero attached hydrogens (tertiary/aromatic N) is 4. The van der Waals surface area contributed by atoms with Crippen LogP contribution in [-0.4, -0.2) is 20.2 Å². The van der Waals surface area contributed by atoms with Crippen molar-refractivity contribution >= 4 is 16.6 Å². The van der Waals surface area contributed by atoms with E-state index in [1.165, 1.54) is 0 Å². The van der Waals surface area contributed by atoms with E-state index in [1.807, 2.05) is 32.0 Å². The molecule has 1 unspecified atom stereocenters. The summed E-state index contributed by atoms with van der Waals surface area (Å²) in [4.78, 5) is 8.93. The number of benzene rings is 1. The Bertz CT molecular complexity index is 1260. The van der Waals surface area contributed by atoms with Crippen LogP contribution in [-0.2, 0) is 6.42 Å². The summed E-state index contributed by atoms with van der Waals surface area (Å²) in [7, 11) is 0. The van der Waals surface area contributed by atoms with E-state index in [1.54, 1.807) is 6.20 Å². The first kappa shape index (κ1) is 17.4. The Labute approximate surface area is 167 Å². The van der Waals surface area contributed by atoms with E-state index in [0.29, 0.717) is 17.2 Å². The summed E-state index contributed by atoms with van der Waals surface area (Å²) in [6.45, 7) is 3.71. The molecule has 1 aliphatic rings. The summed E-state index contributed by atoms with van der Waals surface area (Å²) >= 11 is 0. The minimum Gasteiger partial charge on any atom is -0.439 e. The van der Waals surface area contributed by atoms with Gasteiger partial charge in [-0.25, -0.2) is 4.98 Å². The third-order valence-electron chi connectivity index (χ3n) is 5.47. The van der Waals surface area contributed by atoms with Crippen LogP contribution in [0.5, 0.6) is 0 Å². The molecular formula is C22H20N6O. The lowest BCUT2D eigenvalue weighted by Crippen LogP contribution is -2.20. The van der Waals surface area contributed by atoms with Gasteiger partial charge in [0, 0.05) is 18.0 Å². The fraction of sp³-hybridized carbons (Fsp3) is 0.273. The molecule has 1 atom stereocenters. The van der Waals surface area contributed by atoms with Gasteiger partial charge in [-0.15, -0.1) is 0 Å². The lowest BCUT2D eigenvalue weighted by Gasteiger charge is -2.27. The van der Waals surface area contributed by atoms with Crippen LogP contribution in [0.3, 0.4) is 0 Å². The number of aryl methyl sites for hydroxylation is 3. The van der Waals surface area contributed by atoms with Gasteiger partial charge >= 0.3 is 0 Å². The quantitative estimate of drug-likeness (QED) is 0.535. The van der Waals surface area contributed by atoms with Crippen LogP contribution in [0.2, 0.25) is 0 Å². The van der Waals surface area contributed by atoms with Gasteiger partial charge in [-0.1, -0.05) is 0 Å². The SMILES string of the molecule is Cc1ncc(-c2n[nH]c3ccc(NC4CCCc5cc(C#N)c(C)nc54)cc23)o1. The summed E-state index contributed by atoms with van der Waals surface area (Å²) in [6, 6.07) is 10.5. The summed E-state index contributed by atoms with van der Waals surface area (Å²) < 4.78 is 5.66. The lowest BCUT2D eigenvalue weighted by atomic mass is 9.90. The van der Waals surface area contributed by atoms with Gasteiger partial charge in [-0.2, -0.15) is 10.4 Å². The molecule has 29 heavy (non-hydrogen) atoms. The van der Waals surface area contributed by atoms with Crippen molar-refractivity contribution < 1.29 is 4.42 Å². The molecule has 0 bridgehead atoms. The van der Waals surface area contributed by atoms with Crippen LogP contribution in [0.1, 0.15) is 47.3 Å². The highest BCUT2D eigenvalue weighted by Gasteiger charge is 2.23. The first-order valence-electron chi connectivity index (χ1n) is 9.70. The van der Waals surface area contributed by atoms with Gasteiger partial charge in [0.1, 0.15) is 11.8 Å². The van der Waals surface area contributed by atoms with E-state index in [0.717, 1.165) is 58.5 Å². The number of aromatic amines is 1. The molecule has 4 aromatic rings. The third kappa shape index (κ3) is 3.03. The standard InChI is InChI=1S/C22H20N6O/c1-12-15(10-23)8-14-4-3-5-19(21(14)25-12)26-16-6-7-18-17(9-16)22(28-27-18)20-11-24-13(2)29-20/h6-9,11,19,26H,3-5H2,1-2H3,(H,27,28). The Morgan fingerprint density at radius 1 is 1.28 bits per heavy atom. The van der Waals surface area contributed by atoms with E-state index in [2.05, 4.69) is 32.6 Å². The number of rotatable bonds is 3. The summed E-state index contributed by atoms with van der Waals surface area (Å²) in [5.41, 5.74) is 6.35. The molecule has 0 fully saturated rings. The predicted molar refractivity (Wildman–Crippen MR) is 109 cm³/mol. The van der Waals surface area contributed by atoms with Gasteiger partial charge in [-0.05, 0) is 56.0 Å². The highest BCUT2D eigenvalue weighted by molar-refractivity contribution is 5.93. The van der Waals surface area contributed by atoms with Crippen molar-refractivity contribution in [3.63, 3.8) is 0 Å². The molecule has 3 aromatic heterocycles. The number of aromatic nitrogens is 4. The Hall–Kier alpha value is -3.66. The molecule has 7 nitrogen and oxygen atoms in total. The highest BCUT2D eigenvalue weighted by atomic mass is 16.4. The van der Waals surface area contributed by atoms with Gasteiger partial charge in [0.25, 0.3) is 0 Å². The van der Waals surface area contributed by atoms with Crippen molar-refractivity contribution in [2.45, 2.75) is 39.2 Å². The fourth-order valence-electron chi connectivity index (χ4n) is 4.02. The highest BCUT2D eigenvalue weighted by Crippen LogP contribution is 2.34. The van der Waals surface area contributed by atoms with Crippen LogP contribution in [0.15, 0.2) is 34.9 Å². The smallest absolute Gasteiger partial charge is 0.191 e. The number of nitriles is 1. The van der Waals surface area contributed by atoms with Gasteiger partial charge in [-0.3, -0.25) is 10.1 Å². The number of hydrogen-bond donors (Lipinski definition) is 2. The molecule has 3 heterocycles. The number of H-pyrrole nitrogens is 1. The molecule has 0 aliphatic heterocycles. The normalized spacial score (nSPS) is 15.8. The van der Waals surface area contributed by atoms with Crippen LogP contribution in [0.4, 0.5) is 5.69 Å². The second-order valence-corrected chi connectivity index (χ2v) is 7.44. The molecule has 0 saturated carbocycles. The number of pyridine rings is 1. The van der Waals surface area contributed by atoms with Crippen LogP contribution in [0.25, 0.3) is 22.4 Å². The third-order valence-corrected chi connectivity index (χ3v) is 5.47. The number of oxazole rings is 1. The topological polar surface area (TPSA) is 103 Å². The zero-order valence-electron chi connectivity index (χ0n) is 16.3. The maximum atomic E-state index is 9.30. The van der Waals surface area contributed by atoms with Crippen LogP contribution in [0, 0.1) is 25.2 Å². The molecule has 1 aliphatic carbocycles. The molecule has 0 spiro atoms. The van der Waals surface area contributed by atoms with Gasteiger partial charge < -0.3 is 9.73 Å². The van der Waals surface area contributed by atoms with Crippen LogP contribution >= 0.6 is 0 Å². The van der Waals surface area contributed by atoms with E-state index < -0.39 is 0 Å². The first-order chi connectivity index (χ1) is 14.1. The van der Waals surface area contributed by atoms with Crippen molar-refractivity contribution in [2.24, 2.45) is 0 Å². The van der Waals surface area contributed by atoms with E-state index in [4.69, 9.17) is 9.40 Å². The maximum absolute atomic E-state index is 9.30. The van der Waals surface area contributed by atoms with Crippen LogP contribution < -0.4 is 5.32 Å². The maximum Gasteiger partial charge on any atom is 0.191 e. The fourth-order valence-corrected chi connectivity index (χ4v) is 4.02. The average Bonchev–Trinajstić information content (AvgIpc) is 3.33. The molecule has 7 heteroatoms.